The smallest absolute Gasteiger partial charge is 0.00390 e. The predicted molar refractivity (Wildman–Crippen MR) is 61.1 cm³/mol. The summed E-state index contributed by atoms with van der Waals surface area (Å²) in [4.78, 5) is 0. The van der Waals surface area contributed by atoms with Gasteiger partial charge in [0.25, 0.3) is 0 Å². The molecule has 2 fully saturated rings. The lowest BCUT2D eigenvalue weighted by Gasteiger charge is -2.26. The van der Waals surface area contributed by atoms with Crippen LogP contribution in [0.3, 0.4) is 0 Å². The molecule has 0 aliphatic heterocycles. The maximum atomic E-state index is 5.92. The summed E-state index contributed by atoms with van der Waals surface area (Å²) in [7, 11) is 0. The minimum atomic E-state index is 0.526. The third-order valence-corrected chi connectivity index (χ3v) is 4.35. The van der Waals surface area contributed by atoms with Crippen LogP contribution in [0.1, 0.15) is 64.2 Å². The fourth-order valence-corrected chi connectivity index (χ4v) is 3.25. The van der Waals surface area contributed by atoms with Gasteiger partial charge in [-0.3, -0.25) is 0 Å². The van der Waals surface area contributed by atoms with Crippen LogP contribution in [-0.4, -0.2) is 6.04 Å². The van der Waals surface area contributed by atoms with Crippen LogP contribution in [0.15, 0.2) is 0 Å². The van der Waals surface area contributed by atoms with Crippen molar-refractivity contribution in [1.29, 1.82) is 0 Å². The van der Waals surface area contributed by atoms with Crippen molar-refractivity contribution in [2.24, 2.45) is 17.6 Å². The molecule has 1 nitrogen and oxygen atoms in total. The zero-order chi connectivity index (χ0) is 9.80. The quantitative estimate of drug-likeness (QED) is 0.733. The first-order valence-electron chi connectivity index (χ1n) is 6.60. The van der Waals surface area contributed by atoms with Gasteiger partial charge in [0.2, 0.25) is 0 Å². The van der Waals surface area contributed by atoms with Gasteiger partial charge < -0.3 is 5.73 Å². The fraction of sp³-hybridized carbons (Fsp3) is 1.00. The highest BCUT2D eigenvalue weighted by Gasteiger charge is 2.21. The lowest BCUT2D eigenvalue weighted by atomic mass is 9.82. The lowest BCUT2D eigenvalue weighted by molar-refractivity contribution is 0.288. The van der Waals surface area contributed by atoms with E-state index in [2.05, 4.69) is 0 Å². The van der Waals surface area contributed by atoms with Crippen molar-refractivity contribution < 1.29 is 0 Å². The monoisotopic (exact) mass is 195 g/mol. The van der Waals surface area contributed by atoms with Crippen molar-refractivity contribution in [2.75, 3.05) is 0 Å². The second-order valence-corrected chi connectivity index (χ2v) is 5.51. The molecule has 0 unspecified atom stereocenters. The van der Waals surface area contributed by atoms with Gasteiger partial charge in [0.05, 0.1) is 0 Å². The van der Waals surface area contributed by atoms with Crippen LogP contribution < -0.4 is 5.73 Å². The first-order valence-corrected chi connectivity index (χ1v) is 6.60. The molecule has 0 aromatic carbocycles. The Morgan fingerprint density at radius 2 is 1.21 bits per heavy atom. The zero-order valence-corrected chi connectivity index (χ0v) is 9.38. The van der Waals surface area contributed by atoms with E-state index >= 15 is 0 Å². The van der Waals surface area contributed by atoms with E-state index in [4.69, 9.17) is 5.73 Å². The van der Waals surface area contributed by atoms with Crippen molar-refractivity contribution in [2.45, 2.75) is 70.3 Å². The van der Waals surface area contributed by atoms with Gasteiger partial charge in [0.15, 0.2) is 0 Å². The van der Waals surface area contributed by atoms with E-state index in [-0.39, 0.29) is 0 Å². The Hall–Kier alpha value is -0.0400. The van der Waals surface area contributed by atoms with Gasteiger partial charge in [-0.25, -0.2) is 0 Å². The molecule has 0 radical (unpaired) electrons. The molecule has 0 spiro atoms. The first-order chi connectivity index (χ1) is 6.84. The summed E-state index contributed by atoms with van der Waals surface area (Å²) < 4.78 is 0. The second kappa shape index (κ2) is 5.16. The van der Waals surface area contributed by atoms with Gasteiger partial charge in [-0.05, 0) is 37.5 Å². The average molecular weight is 195 g/mol. The topological polar surface area (TPSA) is 26.0 Å². The summed E-state index contributed by atoms with van der Waals surface area (Å²) in [6.07, 6.45) is 14.4. The normalized spacial score (nSPS) is 34.9. The van der Waals surface area contributed by atoms with Crippen LogP contribution in [-0.2, 0) is 0 Å². The van der Waals surface area contributed by atoms with E-state index in [9.17, 15) is 0 Å². The lowest BCUT2D eigenvalue weighted by Crippen LogP contribution is -2.26. The van der Waals surface area contributed by atoms with Crippen molar-refractivity contribution in [3.8, 4) is 0 Å². The summed E-state index contributed by atoms with van der Waals surface area (Å²) in [5.41, 5.74) is 5.92. The molecule has 0 amide bonds. The van der Waals surface area contributed by atoms with E-state index in [1.54, 1.807) is 0 Å². The number of hydrogen-bond donors (Lipinski definition) is 1. The Labute approximate surface area is 88.4 Å². The number of hydrogen-bond acceptors (Lipinski definition) is 1. The van der Waals surface area contributed by atoms with E-state index in [1.807, 2.05) is 0 Å². The van der Waals surface area contributed by atoms with Gasteiger partial charge >= 0.3 is 0 Å². The Balaban J connectivity index is 1.60. The largest absolute Gasteiger partial charge is 0.328 e. The molecule has 1 heteroatoms. The highest BCUT2D eigenvalue weighted by molar-refractivity contribution is 4.76. The Bertz CT molecular complexity index is 153. The molecule has 0 heterocycles. The standard InChI is InChI=1S/C13H25N/c14-13-9-7-12(8-10-13)6-5-11-3-1-2-4-11/h11-13H,1-10,14H2. The van der Waals surface area contributed by atoms with Crippen molar-refractivity contribution in [3.05, 3.63) is 0 Å². The molecule has 2 saturated carbocycles. The zero-order valence-electron chi connectivity index (χ0n) is 9.38. The van der Waals surface area contributed by atoms with E-state index in [1.165, 1.54) is 64.2 Å². The van der Waals surface area contributed by atoms with Crippen molar-refractivity contribution in [3.63, 3.8) is 0 Å². The summed E-state index contributed by atoms with van der Waals surface area (Å²) in [6.45, 7) is 0. The third-order valence-electron chi connectivity index (χ3n) is 4.35. The van der Waals surface area contributed by atoms with Crippen LogP contribution in [0.5, 0.6) is 0 Å². The molecular weight excluding hydrogens is 170 g/mol. The summed E-state index contributed by atoms with van der Waals surface area (Å²) in [6, 6.07) is 0.526. The molecule has 0 bridgehead atoms. The van der Waals surface area contributed by atoms with Crippen LogP contribution in [0.2, 0.25) is 0 Å². The molecule has 0 aromatic heterocycles. The molecule has 2 aliphatic carbocycles. The van der Waals surface area contributed by atoms with E-state index in [0.717, 1.165) is 11.8 Å². The molecule has 14 heavy (non-hydrogen) atoms. The molecular formula is C13H25N. The molecule has 2 N–H and O–H groups in total. The number of nitrogens with two attached hydrogens (primary N) is 1. The Kier molecular flexibility index (Phi) is 3.86. The van der Waals surface area contributed by atoms with E-state index in [0.29, 0.717) is 6.04 Å². The maximum Gasteiger partial charge on any atom is 0.00390 e. The highest BCUT2D eigenvalue weighted by atomic mass is 14.6. The summed E-state index contributed by atoms with van der Waals surface area (Å²) >= 11 is 0. The van der Waals surface area contributed by atoms with Crippen LogP contribution in [0, 0.1) is 11.8 Å². The Morgan fingerprint density at radius 1 is 0.714 bits per heavy atom. The predicted octanol–water partition coefficient (Wildman–Crippen LogP) is 3.47. The number of rotatable bonds is 3. The fourth-order valence-electron chi connectivity index (χ4n) is 3.25. The third kappa shape index (κ3) is 2.98. The van der Waals surface area contributed by atoms with Gasteiger partial charge in [0.1, 0.15) is 0 Å². The minimum Gasteiger partial charge on any atom is -0.328 e. The Morgan fingerprint density at radius 3 is 1.79 bits per heavy atom. The molecule has 2 aliphatic rings. The van der Waals surface area contributed by atoms with Gasteiger partial charge in [0, 0.05) is 6.04 Å². The highest BCUT2D eigenvalue weighted by Crippen LogP contribution is 2.33. The van der Waals surface area contributed by atoms with E-state index < -0.39 is 0 Å². The van der Waals surface area contributed by atoms with Crippen molar-refractivity contribution in [1.82, 2.24) is 0 Å². The molecule has 2 rings (SSSR count). The van der Waals surface area contributed by atoms with Crippen molar-refractivity contribution >= 4 is 0 Å². The van der Waals surface area contributed by atoms with Crippen LogP contribution in [0.25, 0.3) is 0 Å². The second-order valence-electron chi connectivity index (χ2n) is 5.51. The molecule has 82 valence electrons. The first kappa shape index (κ1) is 10.5. The SMILES string of the molecule is NC1CCC(CCC2CCCC2)CC1. The summed E-state index contributed by atoms with van der Waals surface area (Å²) in [5.74, 6) is 2.11. The minimum absolute atomic E-state index is 0.526. The average Bonchev–Trinajstić information content (AvgIpc) is 2.70. The van der Waals surface area contributed by atoms with Gasteiger partial charge in [-0.15, -0.1) is 0 Å². The van der Waals surface area contributed by atoms with Crippen LogP contribution in [0.4, 0.5) is 0 Å². The van der Waals surface area contributed by atoms with Crippen LogP contribution >= 0.6 is 0 Å². The van der Waals surface area contributed by atoms with Gasteiger partial charge in [-0.2, -0.15) is 0 Å². The van der Waals surface area contributed by atoms with Gasteiger partial charge in [-0.1, -0.05) is 38.5 Å². The summed E-state index contributed by atoms with van der Waals surface area (Å²) in [5, 5.41) is 0. The molecule has 0 atom stereocenters. The maximum absolute atomic E-state index is 5.92. The molecule has 0 saturated heterocycles. The molecule has 0 aromatic rings.